The molecule has 1 amide bonds. The average Bonchev–Trinajstić information content (AvgIpc) is 2.22. The number of hydrogen-bond acceptors (Lipinski definition) is 2. The number of hydrogen-bond donors (Lipinski definition) is 0. The predicted octanol–water partition coefficient (Wildman–Crippen LogP) is 2.82. The minimum absolute atomic E-state index is 0.164. The zero-order chi connectivity index (χ0) is 11.3. The van der Waals surface area contributed by atoms with Crippen LogP contribution >= 0.6 is 0 Å². The molecule has 86 valence electrons. The highest BCUT2D eigenvalue weighted by atomic mass is 16.6. The maximum Gasteiger partial charge on any atom is 0.409 e. The number of piperidine rings is 1. The summed E-state index contributed by atoms with van der Waals surface area (Å²) in [5.74, 6) is 0.400. The minimum atomic E-state index is -0.164. The highest BCUT2D eigenvalue weighted by Crippen LogP contribution is 2.20. The molecule has 1 aliphatic rings. The van der Waals surface area contributed by atoms with E-state index in [9.17, 15) is 4.79 Å². The molecule has 0 aromatic carbocycles. The van der Waals surface area contributed by atoms with Crippen LogP contribution in [0.5, 0.6) is 0 Å². The van der Waals surface area contributed by atoms with Gasteiger partial charge in [-0.3, -0.25) is 0 Å². The summed E-state index contributed by atoms with van der Waals surface area (Å²) in [5, 5.41) is 0. The van der Waals surface area contributed by atoms with Crippen LogP contribution < -0.4 is 0 Å². The van der Waals surface area contributed by atoms with Crippen LogP contribution in [0.25, 0.3) is 0 Å². The maximum atomic E-state index is 11.6. The summed E-state index contributed by atoms with van der Waals surface area (Å²) in [7, 11) is 0. The van der Waals surface area contributed by atoms with Crippen LogP contribution in [0.3, 0.4) is 0 Å². The van der Waals surface area contributed by atoms with Crippen LogP contribution in [0.1, 0.15) is 33.1 Å². The molecule has 0 spiro atoms. The lowest BCUT2D eigenvalue weighted by Gasteiger charge is -2.31. The largest absolute Gasteiger partial charge is 0.449 e. The maximum absolute atomic E-state index is 11.6. The SMILES string of the molecule is C=C1CCN(C(=O)OCCCC)C[C@H]1C. The quantitative estimate of drug-likeness (QED) is 0.530. The van der Waals surface area contributed by atoms with E-state index < -0.39 is 0 Å². The van der Waals surface area contributed by atoms with E-state index >= 15 is 0 Å². The second kappa shape index (κ2) is 5.79. The van der Waals surface area contributed by atoms with Crippen molar-refractivity contribution in [1.82, 2.24) is 4.90 Å². The normalized spacial score (nSPS) is 21.6. The molecule has 0 bridgehead atoms. The van der Waals surface area contributed by atoms with E-state index in [-0.39, 0.29) is 6.09 Å². The fraction of sp³-hybridized carbons (Fsp3) is 0.750. The molecular formula is C12H21NO2. The van der Waals surface area contributed by atoms with Gasteiger partial charge in [-0.2, -0.15) is 0 Å². The second-order valence-electron chi connectivity index (χ2n) is 4.22. The minimum Gasteiger partial charge on any atom is -0.449 e. The predicted molar refractivity (Wildman–Crippen MR) is 60.8 cm³/mol. The van der Waals surface area contributed by atoms with Crippen molar-refractivity contribution in [2.75, 3.05) is 19.7 Å². The molecule has 1 rings (SSSR count). The molecule has 0 radical (unpaired) electrons. The molecule has 1 aliphatic heterocycles. The van der Waals surface area contributed by atoms with Gasteiger partial charge >= 0.3 is 6.09 Å². The molecule has 1 saturated heterocycles. The van der Waals surface area contributed by atoms with Gasteiger partial charge in [-0.15, -0.1) is 0 Å². The summed E-state index contributed by atoms with van der Waals surface area (Å²) < 4.78 is 5.16. The highest BCUT2D eigenvalue weighted by molar-refractivity contribution is 5.67. The van der Waals surface area contributed by atoms with Gasteiger partial charge < -0.3 is 9.64 Å². The first-order valence-electron chi connectivity index (χ1n) is 5.74. The monoisotopic (exact) mass is 211 g/mol. The van der Waals surface area contributed by atoms with Crippen LogP contribution in [-0.4, -0.2) is 30.7 Å². The van der Waals surface area contributed by atoms with E-state index in [1.165, 1.54) is 5.57 Å². The van der Waals surface area contributed by atoms with Crippen LogP contribution in [0.2, 0.25) is 0 Å². The third kappa shape index (κ3) is 3.57. The van der Waals surface area contributed by atoms with E-state index in [0.717, 1.165) is 32.4 Å². The van der Waals surface area contributed by atoms with Gasteiger partial charge in [0.25, 0.3) is 0 Å². The molecule has 0 unspecified atom stereocenters. The summed E-state index contributed by atoms with van der Waals surface area (Å²) >= 11 is 0. The summed E-state index contributed by atoms with van der Waals surface area (Å²) in [6.45, 7) is 10.2. The molecular weight excluding hydrogens is 190 g/mol. The molecule has 0 aromatic rings. The number of unbranched alkanes of at least 4 members (excludes halogenated alkanes) is 1. The first-order chi connectivity index (χ1) is 7.15. The summed E-state index contributed by atoms with van der Waals surface area (Å²) in [6.07, 6.45) is 2.75. The van der Waals surface area contributed by atoms with E-state index in [1.807, 2.05) is 0 Å². The van der Waals surface area contributed by atoms with Crippen molar-refractivity contribution >= 4 is 6.09 Å². The van der Waals surface area contributed by atoms with E-state index in [0.29, 0.717) is 12.5 Å². The summed E-state index contributed by atoms with van der Waals surface area (Å²) in [5.41, 5.74) is 1.24. The Kier molecular flexibility index (Phi) is 4.66. The van der Waals surface area contributed by atoms with E-state index in [2.05, 4.69) is 20.4 Å². The molecule has 0 saturated carbocycles. The molecule has 0 N–H and O–H groups in total. The number of carbonyl (C=O) groups is 1. The summed E-state index contributed by atoms with van der Waals surface area (Å²) in [6, 6.07) is 0. The van der Waals surface area contributed by atoms with Gasteiger partial charge in [-0.05, 0) is 18.8 Å². The standard InChI is InChI=1S/C12H21NO2/c1-4-5-8-15-12(14)13-7-6-10(2)11(3)9-13/h11H,2,4-9H2,1,3H3/t11-/m1/s1. The average molecular weight is 211 g/mol. The Hall–Kier alpha value is -0.990. The molecule has 3 nitrogen and oxygen atoms in total. The van der Waals surface area contributed by atoms with Gasteiger partial charge in [0, 0.05) is 13.1 Å². The first-order valence-corrected chi connectivity index (χ1v) is 5.74. The number of likely N-dealkylation sites (tertiary alicyclic amines) is 1. The van der Waals surface area contributed by atoms with Gasteiger partial charge in [0.2, 0.25) is 0 Å². The lowest BCUT2D eigenvalue weighted by molar-refractivity contribution is 0.0927. The fourth-order valence-electron chi connectivity index (χ4n) is 1.64. The van der Waals surface area contributed by atoms with Crippen molar-refractivity contribution in [3.63, 3.8) is 0 Å². The Morgan fingerprint density at radius 2 is 2.40 bits per heavy atom. The van der Waals surface area contributed by atoms with Crippen molar-refractivity contribution in [2.24, 2.45) is 5.92 Å². The first kappa shape index (κ1) is 12.1. The Balaban J connectivity index is 2.31. The van der Waals surface area contributed by atoms with Crippen LogP contribution in [0, 0.1) is 5.92 Å². The van der Waals surface area contributed by atoms with Gasteiger partial charge in [0.05, 0.1) is 6.61 Å². The molecule has 0 aliphatic carbocycles. The molecule has 0 aromatic heterocycles. The van der Waals surface area contributed by atoms with Crippen LogP contribution in [-0.2, 0) is 4.74 Å². The molecule has 1 heterocycles. The second-order valence-corrected chi connectivity index (χ2v) is 4.22. The van der Waals surface area contributed by atoms with Crippen molar-refractivity contribution in [2.45, 2.75) is 33.1 Å². The van der Waals surface area contributed by atoms with Crippen LogP contribution in [0.15, 0.2) is 12.2 Å². The smallest absolute Gasteiger partial charge is 0.409 e. The third-order valence-electron chi connectivity index (χ3n) is 2.88. The summed E-state index contributed by atoms with van der Waals surface area (Å²) in [4.78, 5) is 13.4. The molecule has 1 atom stereocenters. The van der Waals surface area contributed by atoms with Crippen LogP contribution in [0.4, 0.5) is 4.79 Å². The van der Waals surface area contributed by atoms with Gasteiger partial charge in [-0.25, -0.2) is 4.79 Å². The number of carbonyl (C=O) groups excluding carboxylic acids is 1. The topological polar surface area (TPSA) is 29.5 Å². The lowest BCUT2D eigenvalue weighted by atomic mass is 9.95. The molecule has 15 heavy (non-hydrogen) atoms. The highest BCUT2D eigenvalue weighted by Gasteiger charge is 2.23. The Morgan fingerprint density at radius 3 is 3.00 bits per heavy atom. The number of nitrogens with zero attached hydrogens (tertiary/aromatic N) is 1. The van der Waals surface area contributed by atoms with Crippen molar-refractivity contribution in [1.29, 1.82) is 0 Å². The Labute approximate surface area is 92.1 Å². The number of rotatable bonds is 3. The zero-order valence-electron chi connectivity index (χ0n) is 9.79. The number of amides is 1. The van der Waals surface area contributed by atoms with Gasteiger partial charge in [0.1, 0.15) is 0 Å². The number of ether oxygens (including phenoxy) is 1. The Morgan fingerprint density at radius 1 is 1.67 bits per heavy atom. The van der Waals surface area contributed by atoms with Gasteiger partial charge in [-0.1, -0.05) is 32.4 Å². The van der Waals surface area contributed by atoms with E-state index in [4.69, 9.17) is 4.74 Å². The van der Waals surface area contributed by atoms with Crippen molar-refractivity contribution < 1.29 is 9.53 Å². The lowest BCUT2D eigenvalue weighted by Crippen LogP contribution is -2.40. The van der Waals surface area contributed by atoms with Crippen molar-refractivity contribution in [3.05, 3.63) is 12.2 Å². The third-order valence-corrected chi connectivity index (χ3v) is 2.88. The zero-order valence-corrected chi connectivity index (χ0v) is 9.79. The fourth-order valence-corrected chi connectivity index (χ4v) is 1.64. The van der Waals surface area contributed by atoms with Gasteiger partial charge in [0.15, 0.2) is 0 Å². The van der Waals surface area contributed by atoms with Crippen molar-refractivity contribution in [3.8, 4) is 0 Å². The molecule has 1 fully saturated rings. The van der Waals surface area contributed by atoms with E-state index in [1.54, 1.807) is 4.90 Å². The molecule has 3 heteroatoms. The Bertz CT molecular complexity index is 238.